The smallest absolute Gasteiger partial charge is 1.00 e. The number of halogens is 7. The summed E-state index contributed by atoms with van der Waals surface area (Å²) in [6, 6.07) is 15.8. The molecule has 0 saturated carbocycles. The van der Waals surface area contributed by atoms with Crippen LogP contribution < -0.4 is 153 Å². The first-order valence-electron chi connectivity index (χ1n) is 21.4. The summed E-state index contributed by atoms with van der Waals surface area (Å²) in [6.45, 7) is 4.99. The number of hydrogen-bond donors (Lipinski definition) is 1. The van der Waals surface area contributed by atoms with Gasteiger partial charge in [-0.15, -0.1) is 5.10 Å². The molecule has 0 aliphatic heterocycles. The summed E-state index contributed by atoms with van der Waals surface area (Å²) in [7, 11) is 2.65. The van der Waals surface area contributed by atoms with Crippen molar-refractivity contribution in [3.8, 4) is 11.5 Å². The predicted octanol–water partition coefficient (Wildman–Crippen LogP) is 3.70. The fraction of sp³-hybridized carbons (Fsp3) is 0.370. The molecular weight excluding hydrogens is 1300 g/mol. The summed E-state index contributed by atoms with van der Waals surface area (Å²) in [5.74, 6) is 0.217. The molecule has 0 aliphatic carbocycles. The van der Waals surface area contributed by atoms with Gasteiger partial charge in [-0.2, -0.15) is 41.8 Å². The molecule has 8 rings (SSSR count). The van der Waals surface area contributed by atoms with Gasteiger partial charge in [-0.1, -0.05) is 65.6 Å². The Morgan fingerprint density at radius 2 is 1.22 bits per heavy atom. The maximum atomic E-state index is 13.2. The maximum absolute atomic E-state index is 13.2. The first-order chi connectivity index (χ1) is 34.0. The van der Waals surface area contributed by atoms with Gasteiger partial charge in [0.1, 0.15) is 28.0 Å². The summed E-state index contributed by atoms with van der Waals surface area (Å²) >= 11 is 3.30. The third-order valence-electron chi connectivity index (χ3n) is 9.96. The van der Waals surface area contributed by atoms with Gasteiger partial charge in [-0.05, 0) is 79.9 Å². The van der Waals surface area contributed by atoms with Crippen molar-refractivity contribution < 1.29 is 218 Å². The number of benzene rings is 4. The second-order valence-corrected chi connectivity index (χ2v) is 15.5. The molecule has 0 amide bonds. The van der Waals surface area contributed by atoms with Crippen molar-refractivity contribution in [2.24, 2.45) is 0 Å². The molecule has 4 aromatic heterocycles. The summed E-state index contributed by atoms with van der Waals surface area (Å²) in [5.41, 5.74) is 3.05. The Morgan fingerprint density at radius 3 is 1.68 bits per heavy atom. The van der Waals surface area contributed by atoms with Crippen LogP contribution in [0, 0.1) is 0 Å². The van der Waals surface area contributed by atoms with E-state index in [1.807, 2.05) is 13.8 Å². The van der Waals surface area contributed by atoms with Crippen LogP contribution in [-0.2, 0) is 50.9 Å². The van der Waals surface area contributed by atoms with Gasteiger partial charge in [0.05, 0.1) is 54.8 Å². The van der Waals surface area contributed by atoms with Crippen molar-refractivity contribution >= 4 is 78.3 Å². The predicted molar refractivity (Wildman–Crippen MR) is 249 cm³/mol. The zero-order valence-electron chi connectivity index (χ0n) is 41.2. The molecule has 390 valence electrons. The van der Waals surface area contributed by atoms with Crippen LogP contribution in [-0.4, -0.2) is 91.9 Å². The van der Waals surface area contributed by atoms with Gasteiger partial charge < -0.3 is 39.6 Å². The van der Waals surface area contributed by atoms with E-state index >= 15 is 0 Å². The van der Waals surface area contributed by atoms with E-state index in [9.17, 15) is 35.9 Å². The number of H-pyrrole nitrogens is 1. The zero-order chi connectivity index (χ0) is 51.7. The van der Waals surface area contributed by atoms with Crippen molar-refractivity contribution in [1.82, 2.24) is 40.7 Å². The summed E-state index contributed by atoms with van der Waals surface area (Å²) in [6.07, 6.45) is -5.17. The Morgan fingerprint density at radius 1 is 0.743 bits per heavy atom. The van der Waals surface area contributed by atoms with E-state index in [1.165, 1.54) is 32.4 Å². The molecule has 0 atom stereocenters. The van der Waals surface area contributed by atoms with Gasteiger partial charge in [0.25, 0.3) is 6.47 Å². The number of aromatic nitrogens is 8. The van der Waals surface area contributed by atoms with Crippen LogP contribution in [0.2, 0.25) is 0 Å². The Balaban J connectivity index is 0.000000575. The van der Waals surface area contributed by atoms with Crippen LogP contribution in [0.25, 0.3) is 44.0 Å². The Labute approximate surface area is 546 Å². The fourth-order valence-corrected chi connectivity index (χ4v) is 7.06. The molecule has 0 spiro atoms. The minimum Gasteiger partial charge on any atom is -1.00 e. The van der Waals surface area contributed by atoms with Crippen molar-refractivity contribution in [3.63, 3.8) is 0 Å². The summed E-state index contributed by atoms with van der Waals surface area (Å²) in [5, 5.41) is 33.9. The number of aromatic amines is 1. The normalized spacial score (nSPS) is 10.8. The van der Waals surface area contributed by atoms with Crippen LogP contribution >= 0.6 is 15.9 Å². The Hall–Kier alpha value is -3.25. The number of rotatable bonds is 16. The van der Waals surface area contributed by atoms with Gasteiger partial charge in [0, 0.05) is 29.4 Å². The van der Waals surface area contributed by atoms with Gasteiger partial charge in [-0.3, -0.25) is 4.79 Å². The number of aryl methyl sites for hydroxylation is 3. The first kappa shape index (κ1) is 66.9. The number of esters is 2. The Bertz CT molecular complexity index is 3050. The van der Waals surface area contributed by atoms with Crippen molar-refractivity contribution in [3.05, 3.63) is 94.3 Å². The number of hydrogen-bond acceptors (Lipinski definition) is 17. The van der Waals surface area contributed by atoms with Gasteiger partial charge in [0.2, 0.25) is 0 Å². The molecule has 74 heavy (non-hydrogen) atoms. The molecule has 4 heterocycles. The molecule has 0 unspecified atom stereocenters. The number of alkyl halides is 7. The topological polar surface area (TPSA) is 245 Å². The fourth-order valence-electron chi connectivity index (χ4n) is 6.84. The van der Waals surface area contributed by atoms with E-state index in [2.05, 4.69) is 61.6 Å². The van der Waals surface area contributed by atoms with Crippen LogP contribution in [0.3, 0.4) is 0 Å². The number of methoxy groups -OCH3 is 2. The zero-order valence-corrected chi connectivity index (χ0v) is 54.3. The monoisotopic (exact) mass is 1350 g/mol. The molecule has 0 aliphatic rings. The molecule has 0 saturated heterocycles. The summed E-state index contributed by atoms with van der Waals surface area (Å²) in [4.78, 5) is 34.0. The van der Waals surface area contributed by atoms with E-state index in [4.69, 9.17) is 33.3 Å². The number of ether oxygens (including phenoxy) is 4. The third-order valence-corrected chi connectivity index (χ3v) is 10.5. The number of carbonyl (C=O) groups is 3. The molecule has 19 nitrogen and oxygen atoms in total. The van der Waals surface area contributed by atoms with E-state index in [1.54, 1.807) is 47.1 Å². The second-order valence-electron chi connectivity index (χ2n) is 14.7. The largest absolute Gasteiger partial charge is 1.00 e. The van der Waals surface area contributed by atoms with Gasteiger partial charge in [0.15, 0.2) is 22.6 Å². The van der Waals surface area contributed by atoms with Crippen LogP contribution in [0.5, 0.6) is 11.5 Å². The van der Waals surface area contributed by atoms with E-state index < -0.39 is 29.7 Å². The van der Waals surface area contributed by atoms with Gasteiger partial charge >= 0.3 is 162 Å². The van der Waals surface area contributed by atoms with E-state index in [0.29, 0.717) is 90.2 Å². The first-order valence-corrected chi connectivity index (χ1v) is 22.5. The van der Waals surface area contributed by atoms with Gasteiger partial charge in [-0.25, -0.2) is 14.3 Å². The number of nitrogens with zero attached hydrogens (tertiary/aromatic N) is 7. The van der Waals surface area contributed by atoms with E-state index in [-0.39, 0.29) is 181 Å². The molecule has 28 heteroatoms. The molecule has 0 radical (unpaired) electrons. The quantitative estimate of drug-likeness (QED) is 0.0276. The van der Waals surface area contributed by atoms with Crippen LogP contribution in [0.15, 0.2) is 69.7 Å². The number of nitrogens with one attached hydrogen (secondary N) is 1. The average Bonchev–Trinajstić information content (AvgIpc) is 4.19. The average molecular weight is 1350 g/mol. The van der Waals surface area contributed by atoms with Crippen LogP contribution in [0.1, 0.15) is 91.6 Å². The summed E-state index contributed by atoms with van der Waals surface area (Å²) < 4.78 is 111. The SMILES string of the molecule is C.CCCc1c(OCCCBr)ccc2c(C(F)(F)F)noc12.CCCc1c(OCCCn2nnc3cc(C(=O)OC)ccc32)ccc2c(C(F)(F)F)noc12.COC(=O)c1ccc2n[nH]nc2c1.O=CO[O-].[Cs+].[Cs+].[H-]. The van der Waals surface area contributed by atoms with Crippen molar-refractivity contribution in [1.29, 1.82) is 0 Å². The second kappa shape index (κ2) is 32.5. The van der Waals surface area contributed by atoms with E-state index in [0.717, 1.165) is 29.2 Å². The van der Waals surface area contributed by atoms with Crippen molar-refractivity contribution in [2.75, 3.05) is 32.8 Å². The minimum absolute atomic E-state index is 0. The standard InChI is InChI=1S/C22H21F3N4O4.C14H15BrF3NO2.C8H7N3O2.CH2O3.CH4.2Cs.H/c1-3-5-14-18(9-7-15-19(14)33-27-20(15)22(23,24)25)32-11-4-10-29-17-8-6-13(21(30)31-2)12-16(17)26-28-29;1-2-4-9-11(20-8-3-7-15)6-5-10-12(9)21-19-13(10)14(16,17)18;1-13-8(12)5-2-3-6-7(4-5)10-11-9-6;2-1-4-3;;;;/h6-9,12H,3-5,10-11H2,1-2H3;5-6H,2-4,7-8H2,1H3;2-4H,1H3,(H,9,10,11);1,3H;1H4;;;/q;;;;;2*+1;-1/p-1. The molecule has 4 aromatic carbocycles. The maximum Gasteiger partial charge on any atom is 1.00 e. The molecule has 0 bridgehead atoms. The van der Waals surface area contributed by atoms with Crippen LogP contribution in [0.4, 0.5) is 26.3 Å². The van der Waals surface area contributed by atoms with Crippen molar-refractivity contribution in [2.45, 2.75) is 78.7 Å². The third kappa shape index (κ3) is 17.9. The molecule has 0 fully saturated rings. The number of carbonyl (C=O) groups excluding carboxylic acids is 3. The number of fused-ring (bicyclic) bond motifs is 4. The minimum atomic E-state index is -4.59. The molecule has 1 N–H and O–H groups in total. The molecular formula is C46H49BrCs2F6N8O11. The molecule has 8 aromatic rings. The Kier molecular flexibility index (Phi) is 29.3.